The van der Waals surface area contributed by atoms with Gasteiger partial charge in [0.25, 0.3) is 0 Å². The molecule has 0 amide bonds. The molecule has 2 aromatic heterocycles. The molecule has 1 aliphatic rings. The molecule has 0 spiro atoms. The standard InChI is InChI=1S/C16H23N5/c1-2-8-21-16(5-7-20-21)15-10-14(18-12-19-15)9-13-4-3-6-17-11-13/h5,7,10,12-13,17H,2-4,6,8-9,11H2,1H3. The Hall–Kier alpha value is -1.75. The summed E-state index contributed by atoms with van der Waals surface area (Å²) < 4.78 is 2.02. The highest BCUT2D eigenvalue weighted by molar-refractivity contribution is 5.54. The maximum atomic E-state index is 4.45. The SMILES string of the molecule is CCCn1nccc1-c1cc(CC2CCCNC2)ncn1. The van der Waals surface area contributed by atoms with Gasteiger partial charge in [0.1, 0.15) is 6.33 Å². The van der Waals surface area contributed by atoms with E-state index in [0.29, 0.717) is 5.92 Å². The van der Waals surface area contributed by atoms with Crippen LogP contribution in [0, 0.1) is 5.92 Å². The van der Waals surface area contributed by atoms with Crippen molar-refractivity contribution in [1.29, 1.82) is 0 Å². The van der Waals surface area contributed by atoms with Crippen LogP contribution in [0.1, 0.15) is 31.9 Å². The molecule has 1 fully saturated rings. The van der Waals surface area contributed by atoms with Crippen LogP contribution in [-0.4, -0.2) is 32.8 Å². The Morgan fingerprint density at radius 1 is 1.38 bits per heavy atom. The van der Waals surface area contributed by atoms with Crippen molar-refractivity contribution in [2.24, 2.45) is 5.92 Å². The number of rotatable bonds is 5. The maximum Gasteiger partial charge on any atom is 0.116 e. The van der Waals surface area contributed by atoms with E-state index in [9.17, 15) is 0 Å². The summed E-state index contributed by atoms with van der Waals surface area (Å²) in [5.74, 6) is 0.696. The largest absolute Gasteiger partial charge is 0.316 e. The number of nitrogens with zero attached hydrogens (tertiary/aromatic N) is 4. The van der Waals surface area contributed by atoms with Gasteiger partial charge < -0.3 is 5.32 Å². The fourth-order valence-electron chi connectivity index (χ4n) is 2.98. The van der Waals surface area contributed by atoms with Crippen molar-refractivity contribution in [3.8, 4) is 11.4 Å². The third-order valence-corrected chi connectivity index (χ3v) is 4.03. The number of hydrogen-bond donors (Lipinski definition) is 1. The zero-order chi connectivity index (χ0) is 14.5. The summed E-state index contributed by atoms with van der Waals surface area (Å²) in [4.78, 5) is 8.88. The Labute approximate surface area is 125 Å². The van der Waals surface area contributed by atoms with Crippen LogP contribution >= 0.6 is 0 Å². The van der Waals surface area contributed by atoms with Gasteiger partial charge >= 0.3 is 0 Å². The Morgan fingerprint density at radius 3 is 3.14 bits per heavy atom. The predicted octanol–water partition coefficient (Wildman–Crippen LogP) is 2.29. The molecule has 3 heterocycles. The molecule has 0 radical (unpaired) electrons. The van der Waals surface area contributed by atoms with Crippen LogP contribution in [0.5, 0.6) is 0 Å². The number of aryl methyl sites for hydroxylation is 1. The van der Waals surface area contributed by atoms with Crippen LogP contribution in [0.15, 0.2) is 24.7 Å². The van der Waals surface area contributed by atoms with E-state index in [1.54, 1.807) is 6.33 Å². The van der Waals surface area contributed by atoms with Crippen LogP contribution in [0.3, 0.4) is 0 Å². The molecule has 112 valence electrons. The molecule has 0 bridgehead atoms. The Bertz CT molecular complexity index is 572. The first-order valence-corrected chi connectivity index (χ1v) is 7.90. The van der Waals surface area contributed by atoms with E-state index >= 15 is 0 Å². The molecule has 1 unspecified atom stereocenters. The fourth-order valence-corrected chi connectivity index (χ4v) is 2.98. The zero-order valence-electron chi connectivity index (χ0n) is 12.6. The maximum absolute atomic E-state index is 4.45. The lowest BCUT2D eigenvalue weighted by molar-refractivity contribution is 0.373. The van der Waals surface area contributed by atoms with Gasteiger partial charge in [-0.05, 0) is 56.8 Å². The summed E-state index contributed by atoms with van der Waals surface area (Å²) in [6.45, 7) is 5.34. The molecule has 1 saturated heterocycles. The predicted molar refractivity (Wildman–Crippen MR) is 82.8 cm³/mol. The number of hydrogen-bond acceptors (Lipinski definition) is 4. The summed E-state index contributed by atoms with van der Waals surface area (Å²) >= 11 is 0. The molecule has 0 saturated carbocycles. The second kappa shape index (κ2) is 6.80. The van der Waals surface area contributed by atoms with Crippen molar-refractivity contribution in [3.05, 3.63) is 30.4 Å². The van der Waals surface area contributed by atoms with Gasteiger partial charge in [-0.2, -0.15) is 5.10 Å². The van der Waals surface area contributed by atoms with Crippen LogP contribution in [0.2, 0.25) is 0 Å². The highest BCUT2D eigenvalue weighted by atomic mass is 15.3. The number of piperidine rings is 1. The first-order chi connectivity index (χ1) is 10.4. The minimum Gasteiger partial charge on any atom is -0.316 e. The van der Waals surface area contributed by atoms with E-state index in [1.807, 2.05) is 16.9 Å². The summed E-state index contributed by atoms with van der Waals surface area (Å²) in [6.07, 6.45) is 8.19. The third-order valence-electron chi connectivity index (χ3n) is 4.03. The lowest BCUT2D eigenvalue weighted by atomic mass is 9.94. The van der Waals surface area contributed by atoms with Crippen molar-refractivity contribution < 1.29 is 0 Å². The first-order valence-electron chi connectivity index (χ1n) is 7.90. The van der Waals surface area contributed by atoms with Crippen LogP contribution in [0.4, 0.5) is 0 Å². The van der Waals surface area contributed by atoms with Crippen LogP contribution in [0.25, 0.3) is 11.4 Å². The minimum absolute atomic E-state index is 0.696. The number of nitrogens with one attached hydrogen (secondary N) is 1. The Kier molecular flexibility index (Phi) is 4.60. The molecule has 3 rings (SSSR count). The van der Waals surface area contributed by atoms with Crippen molar-refractivity contribution >= 4 is 0 Å². The van der Waals surface area contributed by atoms with Gasteiger partial charge in [0.2, 0.25) is 0 Å². The van der Waals surface area contributed by atoms with E-state index in [4.69, 9.17) is 0 Å². The molecular formula is C16H23N5. The highest BCUT2D eigenvalue weighted by Crippen LogP contribution is 2.20. The van der Waals surface area contributed by atoms with E-state index in [2.05, 4.69) is 33.4 Å². The summed E-state index contributed by atoms with van der Waals surface area (Å²) in [5, 5.41) is 7.84. The Balaban J connectivity index is 1.77. The smallest absolute Gasteiger partial charge is 0.116 e. The molecule has 5 heteroatoms. The quantitative estimate of drug-likeness (QED) is 0.916. The average Bonchev–Trinajstić information content (AvgIpc) is 2.97. The van der Waals surface area contributed by atoms with E-state index < -0.39 is 0 Å². The molecule has 0 aliphatic carbocycles. The zero-order valence-corrected chi connectivity index (χ0v) is 12.6. The van der Waals surface area contributed by atoms with Gasteiger partial charge in [0.15, 0.2) is 0 Å². The number of aromatic nitrogens is 4. The van der Waals surface area contributed by atoms with Gasteiger partial charge in [-0.1, -0.05) is 6.92 Å². The summed E-state index contributed by atoms with van der Waals surface area (Å²) in [5.41, 5.74) is 3.20. The van der Waals surface area contributed by atoms with Crippen LogP contribution in [-0.2, 0) is 13.0 Å². The van der Waals surface area contributed by atoms with Gasteiger partial charge in [-0.3, -0.25) is 4.68 Å². The van der Waals surface area contributed by atoms with Gasteiger partial charge in [-0.15, -0.1) is 0 Å². The topological polar surface area (TPSA) is 55.6 Å². The summed E-state index contributed by atoms with van der Waals surface area (Å²) in [7, 11) is 0. The molecular weight excluding hydrogens is 262 g/mol. The van der Waals surface area contributed by atoms with Crippen molar-refractivity contribution in [3.63, 3.8) is 0 Å². The van der Waals surface area contributed by atoms with Crippen LogP contribution < -0.4 is 5.32 Å². The minimum atomic E-state index is 0.696. The van der Waals surface area contributed by atoms with Crippen molar-refractivity contribution in [1.82, 2.24) is 25.1 Å². The summed E-state index contributed by atoms with van der Waals surface area (Å²) in [6, 6.07) is 4.15. The third kappa shape index (κ3) is 3.47. The lowest BCUT2D eigenvalue weighted by Gasteiger charge is -2.22. The molecule has 1 atom stereocenters. The Morgan fingerprint density at radius 2 is 2.33 bits per heavy atom. The average molecular weight is 285 g/mol. The first kappa shape index (κ1) is 14.2. The molecule has 0 aromatic carbocycles. The van der Waals surface area contributed by atoms with E-state index in [0.717, 1.165) is 49.6 Å². The molecule has 5 nitrogen and oxygen atoms in total. The van der Waals surface area contributed by atoms with Crippen molar-refractivity contribution in [2.75, 3.05) is 13.1 Å². The monoisotopic (exact) mass is 285 g/mol. The van der Waals surface area contributed by atoms with E-state index in [-0.39, 0.29) is 0 Å². The van der Waals surface area contributed by atoms with Crippen molar-refractivity contribution in [2.45, 2.75) is 39.2 Å². The second-order valence-corrected chi connectivity index (χ2v) is 5.75. The normalized spacial score (nSPS) is 18.8. The second-order valence-electron chi connectivity index (χ2n) is 5.75. The molecule has 21 heavy (non-hydrogen) atoms. The molecule has 2 aromatic rings. The molecule has 1 aliphatic heterocycles. The van der Waals surface area contributed by atoms with Gasteiger partial charge in [-0.25, -0.2) is 9.97 Å². The highest BCUT2D eigenvalue weighted by Gasteiger charge is 2.15. The lowest BCUT2D eigenvalue weighted by Crippen LogP contribution is -2.31. The van der Waals surface area contributed by atoms with Gasteiger partial charge in [0.05, 0.1) is 11.4 Å². The fraction of sp³-hybridized carbons (Fsp3) is 0.562. The van der Waals surface area contributed by atoms with E-state index in [1.165, 1.54) is 12.8 Å². The van der Waals surface area contributed by atoms with Gasteiger partial charge in [0, 0.05) is 18.4 Å². The molecule has 1 N–H and O–H groups in total.